The monoisotopic (exact) mass is 316 g/mol. The van der Waals surface area contributed by atoms with Crippen LogP contribution in [0.5, 0.6) is 5.88 Å². The van der Waals surface area contributed by atoms with Gasteiger partial charge in [-0.05, 0) is 5.92 Å². The summed E-state index contributed by atoms with van der Waals surface area (Å²) in [5.41, 5.74) is 7.34. The summed E-state index contributed by atoms with van der Waals surface area (Å²) in [6, 6.07) is 0.0342. The number of nitrogens with zero attached hydrogens (tertiary/aromatic N) is 5. The van der Waals surface area contributed by atoms with Crippen LogP contribution in [0, 0.1) is 5.92 Å². The molecule has 0 saturated carbocycles. The van der Waals surface area contributed by atoms with E-state index in [1.807, 2.05) is 24.1 Å². The normalized spacial score (nSPS) is 21.2. The van der Waals surface area contributed by atoms with Crippen LogP contribution >= 0.6 is 0 Å². The molecule has 0 radical (unpaired) electrons. The smallest absolute Gasteiger partial charge is 0.234 e. The molecule has 7 nitrogen and oxygen atoms in total. The first-order valence-electron chi connectivity index (χ1n) is 7.96. The van der Waals surface area contributed by atoms with Gasteiger partial charge in [-0.25, -0.2) is 4.98 Å². The minimum absolute atomic E-state index is 0.0342. The number of rotatable bonds is 5. The van der Waals surface area contributed by atoms with E-state index in [4.69, 9.17) is 10.5 Å². The second kappa shape index (κ2) is 6.54. The van der Waals surface area contributed by atoms with Gasteiger partial charge >= 0.3 is 0 Å². The molecule has 3 rings (SSSR count). The number of ether oxygens (including phenoxy) is 1. The van der Waals surface area contributed by atoms with Crippen LogP contribution in [0.15, 0.2) is 24.9 Å². The first-order chi connectivity index (χ1) is 11.0. The van der Waals surface area contributed by atoms with Crippen molar-refractivity contribution in [3.05, 3.63) is 30.6 Å². The first kappa shape index (κ1) is 15.7. The first-order valence-corrected chi connectivity index (χ1v) is 7.96. The maximum atomic E-state index is 6.31. The van der Waals surface area contributed by atoms with Gasteiger partial charge in [0.15, 0.2) is 5.82 Å². The largest absolute Gasteiger partial charge is 0.476 e. The maximum absolute atomic E-state index is 6.31. The molecule has 23 heavy (non-hydrogen) atoms. The number of imidazole rings is 1. The summed E-state index contributed by atoms with van der Waals surface area (Å²) in [5, 5.41) is 0. The van der Waals surface area contributed by atoms with E-state index >= 15 is 0 Å². The third-order valence-corrected chi connectivity index (χ3v) is 3.96. The molecule has 0 spiro atoms. The molecule has 1 aliphatic heterocycles. The molecule has 0 bridgehead atoms. The fourth-order valence-corrected chi connectivity index (χ4v) is 2.77. The van der Waals surface area contributed by atoms with Gasteiger partial charge in [-0.3, -0.25) is 4.98 Å². The summed E-state index contributed by atoms with van der Waals surface area (Å²) >= 11 is 0. The molecular formula is C16H24N6O. The second-order valence-corrected chi connectivity index (χ2v) is 6.56. The lowest BCUT2D eigenvalue weighted by Gasteiger charge is -2.17. The topological polar surface area (TPSA) is 82.1 Å². The van der Waals surface area contributed by atoms with E-state index in [2.05, 4.69) is 33.7 Å². The molecular weight excluding hydrogens is 292 g/mol. The SMILES string of the molecule is CC(C)COc1cncc(N2C[C@@H](N)[C@H](c3cn(C)cn3)C2)n1. The summed E-state index contributed by atoms with van der Waals surface area (Å²) in [4.78, 5) is 15.4. The number of anilines is 1. The lowest BCUT2D eigenvalue weighted by atomic mass is 10.0. The van der Waals surface area contributed by atoms with E-state index in [-0.39, 0.29) is 12.0 Å². The average molecular weight is 316 g/mol. The van der Waals surface area contributed by atoms with Crippen molar-refractivity contribution in [1.82, 2.24) is 19.5 Å². The molecule has 7 heteroatoms. The lowest BCUT2D eigenvalue weighted by Crippen LogP contribution is -2.29. The molecule has 1 saturated heterocycles. The van der Waals surface area contributed by atoms with Crippen molar-refractivity contribution in [2.45, 2.75) is 25.8 Å². The molecule has 2 N–H and O–H groups in total. The highest BCUT2D eigenvalue weighted by Gasteiger charge is 2.33. The Hall–Kier alpha value is -2.15. The molecule has 3 heterocycles. The Morgan fingerprint density at radius 3 is 2.87 bits per heavy atom. The van der Waals surface area contributed by atoms with E-state index in [9.17, 15) is 0 Å². The van der Waals surface area contributed by atoms with Gasteiger partial charge in [0.2, 0.25) is 5.88 Å². The van der Waals surface area contributed by atoms with Gasteiger partial charge in [-0.2, -0.15) is 4.98 Å². The van der Waals surface area contributed by atoms with E-state index in [1.54, 1.807) is 12.4 Å². The molecule has 2 atom stereocenters. The molecule has 1 fully saturated rings. The van der Waals surface area contributed by atoms with Gasteiger partial charge < -0.3 is 19.9 Å². The molecule has 2 aromatic heterocycles. The van der Waals surface area contributed by atoms with Crippen LogP contribution in [0.3, 0.4) is 0 Å². The van der Waals surface area contributed by atoms with E-state index in [1.165, 1.54) is 0 Å². The molecule has 1 aliphatic rings. The Bertz CT molecular complexity index is 656. The number of aryl methyl sites for hydroxylation is 1. The zero-order chi connectivity index (χ0) is 16.4. The highest BCUT2D eigenvalue weighted by Crippen LogP contribution is 2.28. The summed E-state index contributed by atoms with van der Waals surface area (Å²) in [7, 11) is 1.97. The molecule has 0 aromatic carbocycles. The quantitative estimate of drug-likeness (QED) is 0.892. The van der Waals surface area contributed by atoms with E-state index in [0.29, 0.717) is 18.4 Å². The zero-order valence-corrected chi connectivity index (χ0v) is 13.9. The van der Waals surface area contributed by atoms with Crippen molar-refractivity contribution >= 4 is 5.82 Å². The van der Waals surface area contributed by atoms with Gasteiger partial charge in [0.25, 0.3) is 0 Å². The lowest BCUT2D eigenvalue weighted by molar-refractivity contribution is 0.260. The van der Waals surface area contributed by atoms with Crippen LogP contribution in [0.4, 0.5) is 5.82 Å². The maximum Gasteiger partial charge on any atom is 0.234 e. The third-order valence-electron chi connectivity index (χ3n) is 3.96. The minimum Gasteiger partial charge on any atom is -0.476 e. The summed E-state index contributed by atoms with van der Waals surface area (Å²) in [6.07, 6.45) is 7.25. The van der Waals surface area contributed by atoms with Crippen molar-refractivity contribution in [2.75, 3.05) is 24.6 Å². The van der Waals surface area contributed by atoms with E-state index < -0.39 is 0 Å². The van der Waals surface area contributed by atoms with Crippen molar-refractivity contribution in [3.63, 3.8) is 0 Å². The Labute approximate surface area is 136 Å². The predicted octanol–water partition coefficient (Wildman–Crippen LogP) is 1.18. The molecule has 0 aliphatic carbocycles. The van der Waals surface area contributed by atoms with Crippen LogP contribution in [0.1, 0.15) is 25.5 Å². The molecule has 0 amide bonds. The number of aromatic nitrogens is 4. The van der Waals surface area contributed by atoms with Crippen molar-refractivity contribution in [1.29, 1.82) is 0 Å². The van der Waals surface area contributed by atoms with Gasteiger partial charge in [-0.1, -0.05) is 13.8 Å². The predicted molar refractivity (Wildman–Crippen MR) is 88.5 cm³/mol. The number of nitrogens with two attached hydrogens (primary N) is 1. The van der Waals surface area contributed by atoms with Crippen molar-refractivity contribution in [2.24, 2.45) is 18.7 Å². The van der Waals surface area contributed by atoms with Crippen LogP contribution in [-0.2, 0) is 7.05 Å². The highest BCUT2D eigenvalue weighted by atomic mass is 16.5. The van der Waals surface area contributed by atoms with Gasteiger partial charge in [0.1, 0.15) is 0 Å². The second-order valence-electron chi connectivity index (χ2n) is 6.56. The summed E-state index contributed by atoms with van der Waals surface area (Å²) in [5.74, 6) is 2.03. The van der Waals surface area contributed by atoms with Crippen LogP contribution in [0.2, 0.25) is 0 Å². The van der Waals surface area contributed by atoms with Crippen LogP contribution < -0.4 is 15.4 Å². The Morgan fingerprint density at radius 2 is 2.17 bits per heavy atom. The van der Waals surface area contributed by atoms with Crippen molar-refractivity contribution in [3.8, 4) is 5.88 Å². The fraction of sp³-hybridized carbons (Fsp3) is 0.562. The molecule has 124 valence electrons. The Morgan fingerprint density at radius 1 is 1.35 bits per heavy atom. The molecule has 2 aromatic rings. The Kier molecular flexibility index (Phi) is 4.47. The fourth-order valence-electron chi connectivity index (χ4n) is 2.77. The number of hydrogen-bond donors (Lipinski definition) is 1. The minimum atomic E-state index is 0.0342. The van der Waals surface area contributed by atoms with Gasteiger partial charge in [0.05, 0.1) is 31.0 Å². The third kappa shape index (κ3) is 3.61. The average Bonchev–Trinajstić information content (AvgIpc) is 3.11. The van der Waals surface area contributed by atoms with Gasteiger partial charge in [0, 0.05) is 38.3 Å². The highest BCUT2D eigenvalue weighted by molar-refractivity contribution is 5.41. The van der Waals surface area contributed by atoms with Crippen LogP contribution in [-0.4, -0.2) is 45.3 Å². The standard InChI is InChI=1S/C16H24N6O/c1-11(2)9-23-16-5-18-4-15(20-16)22-6-12(13(17)7-22)14-8-21(3)10-19-14/h4-5,8,10-13H,6-7,9,17H2,1-3H3/t12-,13-/m1/s1. The van der Waals surface area contributed by atoms with E-state index in [0.717, 1.165) is 24.6 Å². The zero-order valence-electron chi connectivity index (χ0n) is 13.9. The van der Waals surface area contributed by atoms with Gasteiger partial charge in [-0.15, -0.1) is 0 Å². The number of hydrogen-bond acceptors (Lipinski definition) is 6. The summed E-state index contributed by atoms with van der Waals surface area (Å²) in [6.45, 7) is 6.38. The van der Waals surface area contributed by atoms with Crippen molar-refractivity contribution < 1.29 is 4.74 Å². The summed E-state index contributed by atoms with van der Waals surface area (Å²) < 4.78 is 7.61. The molecule has 0 unspecified atom stereocenters. The Balaban J connectivity index is 1.71. The van der Waals surface area contributed by atoms with Crippen LogP contribution in [0.25, 0.3) is 0 Å².